The summed E-state index contributed by atoms with van der Waals surface area (Å²) >= 11 is 0. The number of anilines is 1. The first kappa shape index (κ1) is 29.1. The van der Waals surface area contributed by atoms with Crippen molar-refractivity contribution in [3.8, 4) is 11.8 Å². The number of amides is 1. The van der Waals surface area contributed by atoms with E-state index in [1.54, 1.807) is 11.9 Å². The summed E-state index contributed by atoms with van der Waals surface area (Å²) in [6, 6.07) is 14.5. The molecular weight excluding hydrogens is 450 g/mol. The zero-order valence-corrected chi connectivity index (χ0v) is 22.8. The first-order valence-corrected chi connectivity index (χ1v) is 12.7. The van der Waals surface area contributed by atoms with Crippen LogP contribution >= 0.6 is 0 Å². The minimum Gasteiger partial charge on any atom is -0.481 e. The molecule has 0 aliphatic heterocycles. The summed E-state index contributed by atoms with van der Waals surface area (Å²) in [7, 11) is 1.73. The Labute approximate surface area is 216 Å². The number of benzene rings is 2. The van der Waals surface area contributed by atoms with Crippen LogP contribution in [0.3, 0.4) is 0 Å². The number of hydrogen-bond acceptors (Lipinski definition) is 3. The number of carboxylic acids is 1. The van der Waals surface area contributed by atoms with Crippen LogP contribution in [0.4, 0.5) is 5.69 Å². The maximum Gasteiger partial charge on any atom is 0.303 e. The predicted molar refractivity (Wildman–Crippen MR) is 146 cm³/mol. The maximum absolute atomic E-state index is 12.5. The van der Waals surface area contributed by atoms with Gasteiger partial charge in [0.15, 0.2) is 0 Å². The highest BCUT2D eigenvalue weighted by Gasteiger charge is 2.31. The lowest BCUT2D eigenvalue weighted by atomic mass is 9.70. The van der Waals surface area contributed by atoms with Crippen LogP contribution in [0.15, 0.2) is 42.5 Å². The van der Waals surface area contributed by atoms with Gasteiger partial charge in [-0.1, -0.05) is 70.7 Å². The fraction of sp³-hybridized carbons (Fsp3) is 0.484. The van der Waals surface area contributed by atoms with Crippen LogP contribution in [0, 0.1) is 24.2 Å². The van der Waals surface area contributed by atoms with Gasteiger partial charge in [-0.2, -0.15) is 0 Å². The summed E-state index contributed by atoms with van der Waals surface area (Å²) < 4.78 is 0. The van der Waals surface area contributed by atoms with Crippen molar-refractivity contribution in [3.05, 3.63) is 64.7 Å². The standard InChI is InChI=1S/C31H41NO4/c1-8-31(9-2,25-15-13-23(22(3)21-25)14-20-27(33)30(4,5)6)24-16-18-26(19-17-24)32(7)28(34)11-10-12-29(35)36/h13,15-19,21,27,33H,8-12H2,1-7H3,(H,35,36). The van der Waals surface area contributed by atoms with E-state index in [2.05, 4.69) is 56.9 Å². The van der Waals surface area contributed by atoms with Crippen LogP contribution in [0.5, 0.6) is 0 Å². The van der Waals surface area contributed by atoms with E-state index in [-0.39, 0.29) is 29.6 Å². The normalized spacial score (nSPS) is 12.4. The zero-order chi connectivity index (χ0) is 27.1. The van der Waals surface area contributed by atoms with Gasteiger partial charge in [0, 0.05) is 36.6 Å². The molecule has 0 fully saturated rings. The van der Waals surface area contributed by atoms with E-state index >= 15 is 0 Å². The number of aliphatic carboxylic acids is 1. The number of aryl methyl sites for hydroxylation is 1. The lowest BCUT2D eigenvalue weighted by molar-refractivity contribution is -0.137. The van der Waals surface area contributed by atoms with Crippen LogP contribution in [0.25, 0.3) is 0 Å². The van der Waals surface area contributed by atoms with Crippen molar-refractivity contribution < 1.29 is 19.8 Å². The van der Waals surface area contributed by atoms with Gasteiger partial charge in [-0.05, 0) is 66.5 Å². The maximum atomic E-state index is 12.5. The topological polar surface area (TPSA) is 77.8 Å². The molecule has 1 unspecified atom stereocenters. The fourth-order valence-electron chi connectivity index (χ4n) is 4.40. The smallest absolute Gasteiger partial charge is 0.303 e. The van der Waals surface area contributed by atoms with E-state index in [0.29, 0.717) is 6.42 Å². The Kier molecular flexibility index (Phi) is 9.90. The Morgan fingerprint density at radius 1 is 0.972 bits per heavy atom. The van der Waals surface area contributed by atoms with Gasteiger partial charge in [0.25, 0.3) is 0 Å². The highest BCUT2D eigenvalue weighted by molar-refractivity contribution is 5.92. The molecule has 0 bridgehead atoms. The van der Waals surface area contributed by atoms with Crippen molar-refractivity contribution in [1.29, 1.82) is 0 Å². The number of carbonyl (C=O) groups is 2. The molecule has 2 aromatic rings. The lowest BCUT2D eigenvalue weighted by Gasteiger charge is -2.34. The zero-order valence-electron chi connectivity index (χ0n) is 22.8. The number of nitrogens with zero attached hydrogens (tertiary/aromatic N) is 1. The number of carboxylic acid groups (broad SMARTS) is 1. The largest absolute Gasteiger partial charge is 0.481 e. The van der Waals surface area contributed by atoms with Crippen molar-refractivity contribution in [2.75, 3.05) is 11.9 Å². The molecule has 0 spiro atoms. The predicted octanol–water partition coefficient (Wildman–Crippen LogP) is 6.08. The van der Waals surface area contributed by atoms with Crippen molar-refractivity contribution in [1.82, 2.24) is 0 Å². The second kappa shape index (κ2) is 12.2. The highest BCUT2D eigenvalue weighted by atomic mass is 16.4. The molecule has 0 saturated carbocycles. The Balaban J connectivity index is 2.31. The Bertz CT molecular complexity index is 1110. The molecule has 2 N–H and O–H groups in total. The third-order valence-corrected chi connectivity index (χ3v) is 7.11. The molecule has 2 rings (SSSR count). The van der Waals surface area contributed by atoms with Crippen molar-refractivity contribution in [2.24, 2.45) is 5.41 Å². The average molecular weight is 492 g/mol. The summed E-state index contributed by atoms with van der Waals surface area (Å²) in [6.45, 7) is 12.4. The van der Waals surface area contributed by atoms with Crippen molar-refractivity contribution in [3.63, 3.8) is 0 Å². The Morgan fingerprint density at radius 3 is 2.06 bits per heavy atom. The SMILES string of the molecule is CCC(CC)(c1ccc(N(C)C(=O)CCCC(=O)O)cc1)c1ccc(C#CC(O)C(C)(C)C)c(C)c1. The first-order chi connectivity index (χ1) is 16.9. The van der Waals surface area contributed by atoms with Crippen molar-refractivity contribution >= 4 is 17.6 Å². The summed E-state index contributed by atoms with van der Waals surface area (Å²) in [5.41, 5.74) is 4.73. The van der Waals surface area contributed by atoms with Gasteiger partial charge in [0.2, 0.25) is 5.91 Å². The number of rotatable bonds is 9. The molecule has 194 valence electrons. The molecule has 5 heteroatoms. The second-order valence-electron chi connectivity index (χ2n) is 10.6. The quantitative estimate of drug-likeness (QED) is 0.417. The van der Waals surface area contributed by atoms with Crippen LogP contribution in [-0.2, 0) is 15.0 Å². The van der Waals surface area contributed by atoms with Crippen LogP contribution in [0.2, 0.25) is 0 Å². The van der Waals surface area contributed by atoms with E-state index in [4.69, 9.17) is 5.11 Å². The van der Waals surface area contributed by atoms with Crippen LogP contribution in [-0.4, -0.2) is 35.2 Å². The number of hydrogen-bond donors (Lipinski definition) is 2. The monoisotopic (exact) mass is 491 g/mol. The van der Waals surface area contributed by atoms with Crippen LogP contribution < -0.4 is 4.90 Å². The third-order valence-electron chi connectivity index (χ3n) is 7.11. The fourth-order valence-corrected chi connectivity index (χ4v) is 4.40. The van der Waals surface area contributed by atoms with Gasteiger partial charge in [-0.3, -0.25) is 9.59 Å². The molecule has 0 saturated heterocycles. The van der Waals surface area contributed by atoms with Gasteiger partial charge in [0.05, 0.1) is 0 Å². The average Bonchev–Trinajstić information content (AvgIpc) is 2.83. The Hall–Kier alpha value is -3.10. The molecule has 5 nitrogen and oxygen atoms in total. The molecule has 0 aliphatic rings. The molecule has 0 aromatic heterocycles. The minimum atomic E-state index is -0.886. The minimum absolute atomic E-state index is 0.00496. The van der Waals surface area contributed by atoms with Crippen LogP contribution in [0.1, 0.15) is 89.0 Å². The number of carbonyl (C=O) groups excluding carboxylic acids is 1. The van der Waals surface area contributed by atoms with Gasteiger partial charge in [-0.15, -0.1) is 0 Å². The van der Waals surface area contributed by atoms with E-state index in [1.807, 2.05) is 39.0 Å². The Morgan fingerprint density at radius 2 is 1.56 bits per heavy atom. The number of aliphatic hydroxyl groups is 1. The molecule has 1 amide bonds. The molecule has 1 atom stereocenters. The third kappa shape index (κ3) is 6.98. The van der Waals surface area contributed by atoms with Gasteiger partial charge >= 0.3 is 5.97 Å². The molecule has 2 aromatic carbocycles. The van der Waals surface area contributed by atoms with E-state index in [0.717, 1.165) is 29.7 Å². The molecular formula is C31H41NO4. The highest BCUT2D eigenvalue weighted by Crippen LogP contribution is 2.40. The summed E-state index contributed by atoms with van der Waals surface area (Å²) in [5, 5.41) is 19.1. The summed E-state index contributed by atoms with van der Waals surface area (Å²) in [5.74, 6) is 5.16. The lowest BCUT2D eigenvalue weighted by Crippen LogP contribution is -2.28. The van der Waals surface area contributed by atoms with Crippen molar-refractivity contribution in [2.45, 2.75) is 85.2 Å². The van der Waals surface area contributed by atoms with E-state index < -0.39 is 12.1 Å². The second-order valence-corrected chi connectivity index (χ2v) is 10.6. The van der Waals surface area contributed by atoms with Gasteiger partial charge in [-0.25, -0.2) is 0 Å². The summed E-state index contributed by atoms with van der Waals surface area (Å²) in [6.07, 6.45) is 1.68. The first-order valence-electron chi connectivity index (χ1n) is 12.7. The molecule has 0 radical (unpaired) electrons. The van der Waals surface area contributed by atoms with E-state index in [9.17, 15) is 14.7 Å². The van der Waals surface area contributed by atoms with Gasteiger partial charge in [0.1, 0.15) is 6.10 Å². The molecule has 0 aliphatic carbocycles. The molecule has 36 heavy (non-hydrogen) atoms. The summed E-state index contributed by atoms with van der Waals surface area (Å²) in [4.78, 5) is 24.8. The number of aliphatic hydroxyl groups excluding tert-OH is 1. The molecule has 0 heterocycles. The van der Waals surface area contributed by atoms with Gasteiger partial charge < -0.3 is 15.1 Å². The van der Waals surface area contributed by atoms with E-state index in [1.165, 1.54) is 11.1 Å².